The van der Waals surface area contributed by atoms with E-state index < -0.39 is 0 Å². The third-order valence-electron chi connectivity index (χ3n) is 3.72. The van der Waals surface area contributed by atoms with Gasteiger partial charge in [0.15, 0.2) is 0 Å². The Labute approximate surface area is 85.6 Å². The van der Waals surface area contributed by atoms with E-state index in [1.807, 2.05) is 0 Å². The molecule has 0 radical (unpaired) electrons. The first kappa shape index (κ1) is 9.97. The predicted molar refractivity (Wildman–Crippen MR) is 55.9 cm³/mol. The predicted octanol–water partition coefficient (Wildman–Crippen LogP) is 0.757. The van der Waals surface area contributed by atoms with E-state index in [0.29, 0.717) is 17.4 Å². The van der Waals surface area contributed by atoms with E-state index in [-0.39, 0.29) is 11.8 Å². The molecule has 2 N–H and O–H groups in total. The molecule has 2 atom stereocenters. The molecule has 0 aromatic heterocycles. The first-order valence-electron chi connectivity index (χ1n) is 5.52. The molecule has 1 aliphatic heterocycles. The monoisotopic (exact) mass is 196 g/mol. The zero-order chi connectivity index (χ0) is 10.3. The molecule has 80 valence electrons. The van der Waals surface area contributed by atoms with Crippen LogP contribution >= 0.6 is 0 Å². The van der Waals surface area contributed by atoms with Gasteiger partial charge in [-0.3, -0.25) is 4.79 Å². The quantitative estimate of drug-likeness (QED) is 0.699. The summed E-state index contributed by atoms with van der Waals surface area (Å²) >= 11 is 0. The maximum atomic E-state index is 11.6. The van der Waals surface area contributed by atoms with Gasteiger partial charge in [0, 0.05) is 19.1 Å². The Kier molecular flexibility index (Phi) is 2.30. The van der Waals surface area contributed by atoms with Gasteiger partial charge in [-0.1, -0.05) is 13.8 Å². The number of amides is 1. The maximum absolute atomic E-state index is 11.6. The highest BCUT2D eigenvalue weighted by molar-refractivity contribution is 5.80. The molecular weight excluding hydrogens is 176 g/mol. The lowest BCUT2D eigenvalue weighted by molar-refractivity contribution is -0.127. The fraction of sp³-hybridized carbons (Fsp3) is 0.909. The van der Waals surface area contributed by atoms with Crippen molar-refractivity contribution in [2.24, 2.45) is 17.3 Å². The van der Waals surface area contributed by atoms with Crippen molar-refractivity contribution in [1.82, 2.24) is 10.6 Å². The summed E-state index contributed by atoms with van der Waals surface area (Å²) in [5.74, 6) is 1.14. The van der Waals surface area contributed by atoms with Crippen LogP contribution in [0.2, 0.25) is 0 Å². The van der Waals surface area contributed by atoms with Crippen LogP contribution in [0.4, 0.5) is 0 Å². The van der Waals surface area contributed by atoms with Gasteiger partial charge in [0.1, 0.15) is 0 Å². The molecule has 1 saturated carbocycles. The molecule has 3 nitrogen and oxygen atoms in total. The van der Waals surface area contributed by atoms with E-state index >= 15 is 0 Å². The Morgan fingerprint density at radius 1 is 1.50 bits per heavy atom. The average Bonchev–Trinajstić information content (AvgIpc) is 2.55. The van der Waals surface area contributed by atoms with Gasteiger partial charge in [-0.2, -0.15) is 0 Å². The zero-order valence-electron chi connectivity index (χ0n) is 9.26. The molecule has 1 saturated heterocycles. The number of rotatable bonds is 3. The van der Waals surface area contributed by atoms with Gasteiger partial charge in [-0.05, 0) is 24.7 Å². The van der Waals surface area contributed by atoms with E-state index in [2.05, 4.69) is 31.4 Å². The Morgan fingerprint density at radius 3 is 2.43 bits per heavy atom. The molecule has 1 aliphatic carbocycles. The molecule has 0 bridgehead atoms. The van der Waals surface area contributed by atoms with Crippen LogP contribution in [-0.2, 0) is 4.79 Å². The van der Waals surface area contributed by atoms with Crippen LogP contribution in [0.5, 0.6) is 0 Å². The summed E-state index contributed by atoms with van der Waals surface area (Å²) in [6, 6.07) is 0.345. The van der Waals surface area contributed by atoms with Crippen molar-refractivity contribution in [2.45, 2.75) is 33.2 Å². The minimum absolute atomic E-state index is 0.222. The van der Waals surface area contributed by atoms with Crippen LogP contribution in [0.3, 0.4) is 0 Å². The van der Waals surface area contributed by atoms with E-state index in [1.54, 1.807) is 0 Å². The second-order valence-electron chi connectivity index (χ2n) is 5.45. The number of nitrogens with one attached hydrogen (secondary N) is 2. The van der Waals surface area contributed by atoms with Gasteiger partial charge in [-0.25, -0.2) is 0 Å². The molecule has 1 amide bonds. The molecular formula is C11H20N2O. The van der Waals surface area contributed by atoms with Crippen LogP contribution in [0, 0.1) is 17.3 Å². The number of hydrogen-bond donors (Lipinski definition) is 2. The standard InChI is InChI=1S/C11H20N2O/c1-7(9-4-11(9,2)3)13-10(14)8-5-12-6-8/h7-9,12H,4-6H2,1-3H3,(H,13,14). The highest BCUT2D eigenvalue weighted by Gasteiger charge is 2.49. The van der Waals surface area contributed by atoms with Crippen LogP contribution in [0.1, 0.15) is 27.2 Å². The van der Waals surface area contributed by atoms with Gasteiger partial charge in [0.25, 0.3) is 0 Å². The zero-order valence-corrected chi connectivity index (χ0v) is 9.26. The van der Waals surface area contributed by atoms with Crippen molar-refractivity contribution in [1.29, 1.82) is 0 Å². The van der Waals surface area contributed by atoms with Crippen LogP contribution < -0.4 is 10.6 Å². The fourth-order valence-corrected chi connectivity index (χ4v) is 2.28. The summed E-state index contributed by atoms with van der Waals surface area (Å²) in [5, 5.41) is 6.24. The highest BCUT2D eigenvalue weighted by atomic mass is 16.2. The number of hydrogen-bond acceptors (Lipinski definition) is 2. The summed E-state index contributed by atoms with van der Waals surface area (Å²) in [5.41, 5.74) is 0.449. The molecule has 3 heteroatoms. The molecule has 1 heterocycles. The smallest absolute Gasteiger partial charge is 0.225 e. The third-order valence-corrected chi connectivity index (χ3v) is 3.72. The molecule has 0 spiro atoms. The van der Waals surface area contributed by atoms with Gasteiger partial charge >= 0.3 is 0 Å². The Hall–Kier alpha value is -0.570. The van der Waals surface area contributed by atoms with Crippen molar-refractivity contribution < 1.29 is 4.79 Å². The summed E-state index contributed by atoms with van der Waals surface area (Å²) in [6.07, 6.45) is 1.25. The molecule has 14 heavy (non-hydrogen) atoms. The normalized spacial score (nSPS) is 31.8. The summed E-state index contributed by atoms with van der Waals surface area (Å²) in [4.78, 5) is 11.6. The second-order valence-corrected chi connectivity index (χ2v) is 5.45. The molecule has 2 rings (SSSR count). The van der Waals surface area contributed by atoms with Crippen LogP contribution in [-0.4, -0.2) is 25.0 Å². The van der Waals surface area contributed by atoms with Gasteiger partial charge in [-0.15, -0.1) is 0 Å². The van der Waals surface area contributed by atoms with Crippen molar-refractivity contribution in [3.63, 3.8) is 0 Å². The topological polar surface area (TPSA) is 41.1 Å². The van der Waals surface area contributed by atoms with Crippen molar-refractivity contribution in [3.8, 4) is 0 Å². The van der Waals surface area contributed by atoms with Crippen molar-refractivity contribution in [2.75, 3.05) is 13.1 Å². The van der Waals surface area contributed by atoms with Crippen molar-refractivity contribution >= 4 is 5.91 Å². The summed E-state index contributed by atoms with van der Waals surface area (Å²) in [7, 11) is 0. The molecule has 0 aromatic carbocycles. The van der Waals surface area contributed by atoms with Crippen LogP contribution in [0.25, 0.3) is 0 Å². The largest absolute Gasteiger partial charge is 0.353 e. The first-order chi connectivity index (χ1) is 6.50. The minimum atomic E-state index is 0.222. The average molecular weight is 196 g/mol. The Bertz CT molecular complexity index is 246. The maximum Gasteiger partial charge on any atom is 0.225 e. The Balaban J connectivity index is 1.77. The molecule has 2 aliphatic rings. The Morgan fingerprint density at radius 2 is 2.07 bits per heavy atom. The number of carbonyl (C=O) groups is 1. The molecule has 2 fully saturated rings. The lowest BCUT2D eigenvalue weighted by Crippen LogP contribution is -2.52. The first-order valence-corrected chi connectivity index (χ1v) is 5.52. The highest BCUT2D eigenvalue weighted by Crippen LogP contribution is 2.53. The van der Waals surface area contributed by atoms with E-state index in [0.717, 1.165) is 13.1 Å². The van der Waals surface area contributed by atoms with Gasteiger partial charge in [0.05, 0.1) is 5.92 Å². The summed E-state index contributed by atoms with van der Waals surface area (Å²) < 4.78 is 0. The lowest BCUT2D eigenvalue weighted by Gasteiger charge is -2.27. The molecule has 2 unspecified atom stereocenters. The van der Waals surface area contributed by atoms with Gasteiger partial charge < -0.3 is 10.6 Å². The summed E-state index contributed by atoms with van der Waals surface area (Å²) in [6.45, 7) is 8.37. The second kappa shape index (κ2) is 3.23. The number of carbonyl (C=O) groups excluding carboxylic acids is 1. The van der Waals surface area contributed by atoms with E-state index in [9.17, 15) is 4.79 Å². The van der Waals surface area contributed by atoms with E-state index in [4.69, 9.17) is 0 Å². The third kappa shape index (κ3) is 1.78. The van der Waals surface area contributed by atoms with Crippen LogP contribution in [0.15, 0.2) is 0 Å². The fourth-order valence-electron chi connectivity index (χ4n) is 2.28. The van der Waals surface area contributed by atoms with E-state index in [1.165, 1.54) is 6.42 Å². The molecule has 0 aromatic rings. The lowest BCUT2D eigenvalue weighted by atomic mass is 10.0. The minimum Gasteiger partial charge on any atom is -0.353 e. The SMILES string of the molecule is CC(NC(=O)C1CNC1)C1CC1(C)C. The van der Waals surface area contributed by atoms with Gasteiger partial charge in [0.2, 0.25) is 5.91 Å². The van der Waals surface area contributed by atoms with Crippen molar-refractivity contribution in [3.05, 3.63) is 0 Å².